The fourth-order valence-electron chi connectivity index (χ4n) is 2.53. The van der Waals surface area contributed by atoms with Gasteiger partial charge in [0.25, 0.3) is 21.4 Å². The average molecular weight is 379 g/mol. The maximum Gasteiger partial charge on any atom is 0.290 e. The maximum atomic E-state index is 13.1. The second kappa shape index (κ2) is 7.08. The molecule has 0 unspecified atom stereocenters. The Morgan fingerprint density at radius 2 is 1.54 bits per heavy atom. The van der Waals surface area contributed by atoms with Crippen LogP contribution in [-0.4, -0.2) is 24.3 Å². The topological polar surface area (TPSA) is 124 Å². The summed E-state index contributed by atoms with van der Waals surface area (Å²) in [7, 11) is -4.26. The fourth-order valence-corrected chi connectivity index (χ4v) is 4.33. The molecule has 0 N–H and O–H groups in total. The van der Waals surface area contributed by atoms with Crippen LogP contribution in [0.4, 0.5) is 17.1 Å². The van der Waals surface area contributed by atoms with Crippen LogP contribution in [0.15, 0.2) is 47.4 Å². The number of benzene rings is 2. The Hall–Kier alpha value is -3.01. The van der Waals surface area contributed by atoms with E-state index in [1.165, 1.54) is 42.5 Å². The number of non-ortho nitro benzene ring substituents is 1. The van der Waals surface area contributed by atoms with E-state index in [0.29, 0.717) is 5.56 Å². The Balaban J connectivity index is 2.63. The minimum atomic E-state index is -4.26. The first-order valence-electron chi connectivity index (χ1n) is 7.59. The Morgan fingerprint density at radius 3 is 2.00 bits per heavy atom. The molecule has 2 aromatic carbocycles. The van der Waals surface area contributed by atoms with Crippen molar-refractivity contribution in [2.45, 2.75) is 31.7 Å². The zero-order valence-electron chi connectivity index (χ0n) is 14.3. The number of rotatable bonds is 6. The molecule has 2 aromatic rings. The third-order valence-corrected chi connectivity index (χ3v) is 5.68. The monoisotopic (exact) mass is 379 g/mol. The number of hydrogen-bond acceptors (Lipinski definition) is 6. The summed E-state index contributed by atoms with van der Waals surface area (Å²) in [6.45, 7) is 4.85. The minimum absolute atomic E-state index is 0.181. The fraction of sp³-hybridized carbons (Fsp3) is 0.250. The molecule has 0 saturated carbocycles. The molecule has 0 fully saturated rings. The summed E-state index contributed by atoms with van der Waals surface area (Å²) in [4.78, 5) is 20.3. The molecule has 0 aliphatic carbocycles. The van der Waals surface area contributed by atoms with E-state index >= 15 is 0 Å². The molecule has 0 atom stereocenters. The Kier molecular flexibility index (Phi) is 5.26. The zero-order valence-corrected chi connectivity index (χ0v) is 15.1. The van der Waals surface area contributed by atoms with Crippen molar-refractivity contribution in [2.24, 2.45) is 0 Å². The molecule has 0 aliphatic rings. The van der Waals surface area contributed by atoms with Crippen LogP contribution < -0.4 is 4.31 Å². The SMILES string of the molecule is Cc1ccc(S(=O)(=O)N(c2ccc([N+](=O)[O-])cc2)C(C)C)c([N+](=O)[O-])c1. The molecule has 2 rings (SSSR count). The molecule has 26 heavy (non-hydrogen) atoms. The molecule has 0 amide bonds. The van der Waals surface area contributed by atoms with Crippen molar-refractivity contribution in [3.05, 3.63) is 68.3 Å². The first kappa shape index (κ1) is 19.3. The van der Waals surface area contributed by atoms with Crippen molar-refractivity contribution >= 4 is 27.1 Å². The maximum absolute atomic E-state index is 13.1. The molecule has 0 bridgehead atoms. The van der Waals surface area contributed by atoms with Gasteiger partial charge in [0.05, 0.1) is 15.5 Å². The lowest BCUT2D eigenvalue weighted by Crippen LogP contribution is -2.37. The highest BCUT2D eigenvalue weighted by Crippen LogP contribution is 2.32. The summed E-state index contributed by atoms with van der Waals surface area (Å²) in [5.74, 6) is 0. The van der Waals surface area contributed by atoms with Crippen LogP contribution in [0.2, 0.25) is 0 Å². The number of anilines is 1. The van der Waals surface area contributed by atoms with Gasteiger partial charge in [0.2, 0.25) is 0 Å². The Labute approximate surface area is 150 Å². The van der Waals surface area contributed by atoms with E-state index in [-0.39, 0.29) is 11.4 Å². The quantitative estimate of drug-likeness (QED) is 0.559. The van der Waals surface area contributed by atoms with E-state index in [0.717, 1.165) is 4.31 Å². The molecular formula is C16H17N3O6S. The van der Waals surface area contributed by atoms with Crippen LogP contribution in [-0.2, 0) is 10.0 Å². The summed E-state index contributed by atoms with van der Waals surface area (Å²) < 4.78 is 27.2. The van der Waals surface area contributed by atoms with E-state index in [2.05, 4.69) is 0 Å². The zero-order chi connectivity index (χ0) is 19.6. The lowest BCUT2D eigenvalue weighted by atomic mass is 10.2. The highest BCUT2D eigenvalue weighted by Gasteiger charge is 2.33. The molecular weight excluding hydrogens is 362 g/mol. The molecule has 0 aromatic heterocycles. The van der Waals surface area contributed by atoms with Gasteiger partial charge in [-0.15, -0.1) is 0 Å². The minimum Gasteiger partial charge on any atom is -0.264 e. The van der Waals surface area contributed by atoms with Gasteiger partial charge in [-0.25, -0.2) is 8.42 Å². The smallest absolute Gasteiger partial charge is 0.264 e. The van der Waals surface area contributed by atoms with Crippen molar-refractivity contribution in [3.63, 3.8) is 0 Å². The molecule has 0 heterocycles. The van der Waals surface area contributed by atoms with Crippen LogP contribution in [0.5, 0.6) is 0 Å². The molecule has 138 valence electrons. The van der Waals surface area contributed by atoms with Gasteiger partial charge in [-0.05, 0) is 44.5 Å². The predicted octanol–water partition coefficient (Wildman–Crippen LogP) is 3.42. The number of sulfonamides is 1. The first-order chi connectivity index (χ1) is 12.1. The van der Waals surface area contributed by atoms with Gasteiger partial charge in [-0.1, -0.05) is 6.07 Å². The van der Waals surface area contributed by atoms with Gasteiger partial charge >= 0.3 is 0 Å². The molecule has 0 aliphatic heterocycles. The van der Waals surface area contributed by atoms with Crippen molar-refractivity contribution in [2.75, 3.05) is 4.31 Å². The van der Waals surface area contributed by atoms with E-state index < -0.39 is 36.5 Å². The van der Waals surface area contributed by atoms with Crippen LogP contribution in [0.1, 0.15) is 19.4 Å². The lowest BCUT2D eigenvalue weighted by Gasteiger charge is -2.28. The molecule has 0 spiro atoms. The summed E-state index contributed by atoms with van der Waals surface area (Å²) in [5, 5.41) is 22.1. The Bertz CT molecular complexity index is 954. The number of aryl methyl sites for hydroxylation is 1. The number of nitro groups is 2. The molecule has 0 radical (unpaired) electrons. The third kappa shape index (κ3) is 3.64. The van der Waals surface area contributed by atoms with E-state index in [1.54, 1.807) is 20.8 Å². The van der Waals surface area contributed by atoms with Gasteiger partial charge in [-0.3, -0.25) is 24.5 Å². The lowest BCUT2D eigenvalue weighted by molar-refractivity contribution is -0.387. The molecule has 10 heteroatoms. The van der Waals surface area contributed by atoms with Gasteiger partial charge in [0.15, 0.2) is 4.90 Å². The van der Waals surface area contributed by atoms with Crippen LogP contribution >= 0.6 is 0 Å². The van der Waals surface area contributed by atoms with Crippen molar-refractivity contribution < 1.29 is 18.3 Å². The average Bonchev–Trinajstić information content (AvgIpc) is 2.54. The van der Waals surface area contributed by atoms with Crippen molar-refractivity contribution in [3.8, 4) is 0 Å². The van der Waals surface area contributed by atoms with Crippen molar-refractivity contribution in [1.29, 1.82) is 0 Å². The molecule has 9 nitrogen and oxygen atoms in total. The van der Waals surface area contributed by atoms with Crippen LogP contribution in [0.3, 0.4) is 0 Å². The summed E-state index contributed by atoms with van der Waals surface area (Å²) >= 11 is 0. The van der Waals surface area contributed by atoms with Gasteiger partial charge in [-0.2, -0.15) is 0 Å². The van der Waals surface area contributed by atoms with E-state index in [1.807, 2.05) is 0 Å². The normalized spacial score (nSPS) is 11.4. The summed E-state index contributed by atoms with van der Waals surface area (Å²) in [5.41, 5.74) is 0.0382. The standard InChI is InChI=1S/C16H17N3O6S/c1-11(2)17(13-5-7-14(8-6-13)18(20)21)26(24,25)16-9-4-12(3)10-15(16)19(22)23/h4-11H,1-3H3. The summed E-state index contributed by atoms with van der Waals surface area (Å²) in [6, 6.07) is 8.28. The van der Waals surface area contributed by atoms with Crippen LogP contribution in [0, 0.1) is 27.2 Å². The first-order valence-corrected chi connectivity index (χ1v) is 9.03. The van der Waals surface area contributed by atoms with Gasteiger partial charge in [0.1, 0.15) is 0 Å². The number of nitro benzene ring substituents is 2. The number of hydrogen-bond donors (Lipinski definition) is 0. The van der Waals surface area contributed by atoms with Gasteiger partial charge in [0, 0.05) is 24.2 Å². The highest BCUT2D eigenvalue weighted by atomic mass is 32.2. The second-order valence-corrected chi connectivity index (χ2v) is 7.68. The summed E-state index contributed by atoms with van der Waals surface area (Å²) in [6.07, 6.45) is 0. The highest BCUT2D eigenvalue weighted by molar-refractivity contribution is 7.93. The third-order valence-electron chi connectivity index (χ3n) is 3.63. The molecule has 0 saturated heterocycles. The van der Waals surface area contributed by atoms with Crippen LogP contribution in [0.25, 0.3) is 0 Å². The Morgan fingerprint density at radius 1 is 0.962 bits per heavy atom. The van der Waals surface area contributed by atoms with Crippen molar-refractivity contribution in [1.82, 2.24) is 0 Å². The van der Waals surface area contributed by atoms with E-state index in [4.69, 9.17) is 0 Å². The predicted molar refractivity (Wildman–Crippen MR) is 95.7 cm³/mol. The second-order valence-electron chi connectivity index (χ2n) is 5.90. The largest absolute Gasteiger partial charge is 0.290 e. The van der Waals surface area contributed by atoms with E-state index in [9.17, 15) is 28.6 Å². The number of nitrogens with zero attached hydrogens (tertiary/aromatic N) is 3. The van der Waals surface area contributed by atoms with Gasteiger partial charge < -0.3 is 0 Å².